The van der Waals surface area contributed by atoms with Gasteiger partial charge >= 0.3 is 0 Å². The molecule has 0 aliphatic heterocycles. The quantitative estimate of drug-likeness (QED) is 0.756. The number of halogens is 2. The average molecular weight is 364 g/mol. The Kier molecular flexibility index (Phi) is 5.03. The molecule has 6 heteroatoms. The number of alkyl halides is 1. The van der Waals surface area contributed by atoms with Crippen LogP contribution in [0.1, 0.15) is 24.5 Å². The second-order valence-corrected chi connectivity index (χ2v) is 7.63. The van der Waals surface area contributed by atoms with Crippen LogP contribution < -0.4 is 0 Å². The molecule has 3 nitrogen and oxygen atoms in total. The predicted octanol–water partition coefficient (Wildman–Crippen LogP) is 3.87. The number of fused-ring (bicyclic) bond motifs is 1. The standard InChI is InChI=1S/C13H16BrClN2OS/c1-9(15)13-16-11-5-4-10(14)8-12(11)17(13)6-3-7-19(2)18/h4-5,8-9H,3,6-7H2,1-2H3. The van der Waals surface area contributed by atoms with Gasteiger partial charge < -0.3 is 4.57 Å². The summed E-state index contributed by atoms with van der Waals surface area (Å²) in [6.45, 7) is 2.71. The minimum atomic E-state index is -0.758. The number of nitrogens with zero attached hydrogens (tertiary/aromatic N) is 2. The Balaban J connectivity index is 2.39. The number of aromatic nitrogens is 2. The van der Waals surface area contributed by atoms with Crippen molar-refractivity contribution in [2.24, 2.45) is 0 Å². The molecule has 2 rings (SSSR count). The molecule has 0 amide bonds. The van der Waals surface area contributed by atoms with E-state index in [1.54, 1.807) is 6.26 Å². The fraction of sp³-hybridized carbons (Fsp3) is 0.462. The molecule has 19 heavy (non-hydrogen) atoms. The summed E-state index contributed by atoms with van der Waals surface area (Å²) in [4.78, 5) is 4.59. The number of rotatable bonds is 5. The Labute approximate surface area is 128 Å². The van der Waals surface area contributed by atoms with Crippen LogP contribution in [0, 0.1) is 0 Å². The zero-order valence-electron chi connectivity index (χ0n) is 10.9. The molecule has 104 valence electrons. The molecule has 2 aromatic rings. The smallest absolute Gasteiger partial charge is 0.127 e. The van der Waals surface area contributed by atoms with Crippen molar-refractivity contribution in [3.05, 3.63) is 28.5 Å². The van der Waals surface area contributed by atoms with Gasteiger partial charge in [0.1, 0.15) is 5.82 Å². The first-order valence-electron chi connectivity index (χ1n) is 6.09. The predicted molar refractivity (Wildman–Crippen MR) is 85.3 cm³/mol. The molecule has 1 heterocycles. The minimum absolute atomic E-state index is 0.140. The second kappa shape index (κ2) is 6.37. The summed E-state index contributed by atoms with van der Waals surface area (Å²) < 4.78 is 14.3. The van der Waals surface area contributed by atoms with Gasteiger partial charge in [-0.1, -0.05) is 15.9 Å². The monoisotopic (exact) mass is 362 g/mol. The zero-order chi connectivity index (χ0) is 14.0. The van der Waals surface area contributed by atoms with E-state index in [4.69, 9.17) is 11.6 Å². The maximum atomic E-state index is 11.2. The summed E-state index contributed by atoms with van der Waals surface area (Å²) in [5.41, 5.74) is 2.02. The highest BCUT2D eigenvalue weighted by Crippen LogP contribution is 2.27. The molecule has 0 saturated heterocycles. The average Bonchev–Trinajstić information content (AvgIpc) is 2.67. The van der Waals surface area contributed by atoms with Crippen molar-refractivity contribution in [3.63, 3.8) is 0 Å². The van der Waals surface area contributed by atoms with Crippen LogP contribution >= 0.6 is 27.5 Å². The lowest BCUT2D eigenvalue weighted by atomic mass is 10.3. The van der Waals surface area contributed by atoms with Crippen molar-refractivity contribution >= 4 is 49.4 Å². The molecule has 1 aromatic heterocycles. The van der Waals surface area contributed by atoms with E-state index >= 15 is 0 Å². The summed E-state index contributed by atoms with van der Waals surface area (Å²) in [5, 5.41) is -0.140. The molecule has 0 bridgehead atoms. The molecule has 0 N–H and O–H groups in total. The lowest BCUT2D eigenvalue weighted by Gasteiger charge is -2.10. The fourth-order valence-electron chi connectivity index (χ4n) is 2.08. The topological polar surface area (TPSA) is 34.9 Å². The molecular weight excluding hydrogens is 348 g/mol. The summed E-state index contributed by atoms with van der Waals surface area (Å²) in [6.07, 6.45) is 2.59. The maximum Gasteiger partial charge on any atom is 0.127 e. The van der Waals surface area contributed by atoms with E-state index in [9.17, 15) is 4.21 Å². The first-order chi connectivity index (χ1) is 8.99. The van der Waals surface area contributed by atoms with Crippen molar-refractivity contribution in [2.75, 3.05) is 12.0 Å². The number of benzene rings is 1. The largest absolute Gasteiger partial charge is 0.327 e. The van der Waals surface area contributed by atoms with Crippen LogP contribution in [0.4, 0.5) is 0 Å². The van der Waals surface area contributed by atoms with E-state index in [1.165, 1.54) is 0 Å². The molecule has 0 radical (unpaired) electrons. The third kappa shape index (κ3) is 3.58. The van der Waals surface area contributed by atoms with Crippen molar-refractivity contribution < 1.29 is 4.21 Å². The van der Waals surface area contributed by atoms with Gasteiger partial charge in [-0.25, -0.2) is 4.98 Å². The Morgan fingerprint density at radius 2 is 2.26 bits per heavy atom. The van der Waals surface area contributed by atoms with E-state index in [2.05, 4.69) is 25.5 Å². The van der Waals surface area contributed by atoms with Crippen LogP contribution in [0.25, 0.3) is 11.0 Å². The Hall–Kier alpha value is -0.390. The molecule has 0 spiro atoms. The molecule has 0 aliphatic rings. The Morgan fingerprint density at radius 1 is 1.53 bits per heavy atom. The first kappa shape index (κ1) is 15.0. The third-order valence-corrected chi connectivity index (χ3v) is 4.46. The van der Waals surface area contributed by atoms with Gasteiger partial charge in [-0.2, -0.15) is 0 Å². The van der Waals surface area contributed by atoms with Gasteiger partial charge in [0.25, 0.3) is 0 Å². The van der Waals surface area contributed by atoms with Gasteiger partial charge in [0, 0.05) is 33.8 Å². The molecule has 0 fully saturated rings. The molecular formula is C13H16BrClN2OS. The molecule has 2 unspecified atom stereocenters. The SMILES string of the molecule is CC(Cl)c1nc2ccc(Br)cc2n1CCCS(C)=O. The lowest BCUT2D eigenvalue weighted by Crippen LogP contribution is -2.07. The summed E-state index contributed by atoms with van der Waals surface area (Å²) in [5.74, 6) is 1.57. The number of hydrogen-bond acceptors (Lipinski definition) is 2. The minimum Gasteiger partial charge on any atom is -0.327 e. The van der Waals surface area contributed by atoms with E-state index in [1.807, 2.05) is 25.1 Å². The highest BCUT2D eigenvalue weighted by atomic mass is 79.9. The maximum absolute atomic E-state index is 11.2. The van der Waals surface area contributed by atoms with Crippen LogP contribution in [-0.4, -0.2) is 25.8 Å². The van der Waals surface area contributed by atoms with Gasteiger partial charge in [0.2, 0.25) is 0 Å². The lowest BCUT2D eigenvalue weighted by molar-refractivity contribution is 0.646. The van der Waals surface area contributed by atoms with Crippen LogP contribution in [-0.2, 0) is 17.3 Å². The Bertz CT molecular complexity index is 612. The second-order valence-electron chi connectivity index (χ2n) is 4.50. The molecule has 0 saturated carbocycles. The van der Waals surface area contributed by atoms with Gasteiger partial charge in [-0.15, -0.1) is 11.6 Å². The molecule has 0 aliphatic carbocycles. The normalized spacial score (nSPS) is 14.7. The van der Waals surface area contributed by atoms with Crippen molar-refractivity contribution in [1.29, 1.82) is 0 Å². The van der Waals surface area contributed by atoms with Crippen molar-refractivity contribution in [3.8, 4) is 0 Å². The van der Waals surface area contributed by atoms with Crippen LogP contribution in [0.2, 0.25) is 0 Å². The molecule has 2 atom stereocenters. The van der Waals surface area contributed by atoms with E-state index in [-0.39, 0.29) is 5.38 Å². The van der Waals surface area contributed by atoms with Crippen LogP contribution in [0.15, 0.2) is 22.7 Å². The summed E-state index contributed by atoms with van der Waals surface area (Å²) in [7, 11) is -0.758. The molecule has 1 aromatic carbocycles. The zero-order valence-corrected chi connectivity index (χ0v) is 14.1. The number of hydrogen-bond donors (Lipinski definition) is 0. The number of imidazole rings is 1. The fourth-order valence-corrected chi connectivity index (χ4v) is 3.13. The highest BCUT2D eigenvalue weighted by Gasteiger charge is 2.14. The highest BCUT2D eigenvalue weighted by molar-refractivity contribution is 9.10. The van der Waals surface area contributed by atoms with Gasteiger partial charge in [-0.3, -0.25) is 4.21 Å². The van der Waals surface area contributed by atoms with E-state index in [0.717, 1.165) is 34.3 Å². The first-order valence-corrected chi connectivity index (χ1v) is 9.04. The van der Waals surface area contributed by atoms with Crippen LogP contribution in [0.3, 0.4) is 0 Å². The third-order valence-electron chi connectivity index (χ3n) is 2.91. The van der Waals surface area contributed by atoms with Gasteiger partial charge in [-0.05, 0) is 31.5 Å². The Morgan fingerprint density at radius 3 is 2.89 bits per heavy atom. The summed E-state index contributed by atoms with van der Waals surface area (Å²) in [6, 6.07) is 6.01. The van der Waals surface area contributed by atoms with Gasteiger partial charge in [0.15, 0.2) is 0 Å². The number of aryl methyl sites for hydroxylation is 1. The van der Waals surface area contributed by atoms with Gasteiger partial charge in [0.05, 0.1) is 16.4 Å². The van der Waals surface area contributed by atoms with Crippen molar-refractivity contribution in [1.82, 2.24) is 9.55 Å². The van der Waals surface area contributed by atoms with E-state index < -0.39 is 10.8 Å². The van der Waals surface area contributed by atoms with Crippen molar-refractivity contribution in [2.45, 2.75) is 25.3 Å². The summed E-state index contributed by atoms with van der Waals surface area (Å²) >= 11 is 9.69. The van der Waals surface area contributed by atoms with E-state index in [0.29, 0.717) is 5.75 Å². The van der Waals surface area contributed by atoms with Crippen LogP contribution in [0.5, 0.6) is 0 Å².